The van der Waals surface area contributed by atoms with Crippen LogP contribution < -0.4 is 5.73 Å². The summed E-state index contributed by atoms with van der Waals surface area (Å²) in [7, 11) is 0. The van der Waals surface area contributed by atoms with E-state index in [-0.39, 0.29) is 11.9 Å². The Bertz CT molecular complexity index is 583. The monoisotopic (exact) mass is 291 g/mol. The highest BCUT2D eigenvalue weighted by molar-refractivity contribution is 6.30. The number of rotatable bonds is 5. The van der Waals surface area contributed by atoms with Gasteiger partial charge < -0.3 is 5.73 Å². The molecule has 2 rings (SSSR count). The highest BCUT2D eigenvalue weighted by Gasteiger charge is 2.09. The lowest BCUT2D eigenvalue weighted by Crippen LogP contribution is -2.24. The van der Waals surface area contributed by atoms with Crippen LogP contribution in [0.2, 0.25) is 5.02 Å². The molecule has 1 atom stereocenters. The second kappa shape index (κ2) is 6.87. The van der Waals surface area contributed by atoms with Crippen molar-refractivity contribution in [1.29, 1.82) is 0 Å². The topological polar surface area (TPSA) is 26.0 Å². The molecule has 0 radical (unpaired) electrons. The van der Waals surface area contributed by atoms with Crippen molar-refractivity contribution in [2.45, 2.75) is 32.2 Å². The van der Waals surface area contributed by atoms with Crippen LogP contribution >= 0.6 is 11.6 Å². The zero-order valence-electron chi connectivity index (χ0n) is 11.6. The number of halogens is 2. The van der Waals surface area contributed by atoms with E-state index in [2.05, 4.69) is 25.1 Å². The summed E-state index contributed by atoms with van der Waals surface area (Å²) in [5.74, 6) is -0.236. The molecule has 20 heavy (non-hydrogen) atoms. The third-order valence-electron chi connectivity index (χ3n) is 3.38. The second-order valence-corrected chi connectivity index (χ2v) is 5.66. The first kappa shape index (κ1) is 15.0. The standard InChI is InChI=1S/C17H19ClFN/c1-12-3-2-4-13(9-12)5-7-16(20)11-14-10-15(18)6-8-17(14)19/h2-4,6,8-10,16H,5,7,11,20H2,1H3. The smallest absolute Gasteiger partial charge is 0.126 e. The van der Waals surface area contributed by atoms with Gasteiger partial charge in [0.15, 0.2) is 0 Å². The average molecular weight is 292 g/mol. The molecular weight excluding hydrogens is 273 g/mol. The van der Waals surface area contributed by atoms with Crippen molar-refractivity contribution in [2.75, 3.05) is 0 Å². The summed E-state index contributed by atoms with van der Waals surface area (Å²) in [5.41, 5.74) is 9.21. The molecule has 0 saturated carbocycles. The van der Waals surface area contributed by atoms with Crippen molar-refractivity contribution in [3.8, 4) is 0 Å². The predicted octanol–water partition coefficient (Wildman–Crippen LogP) is 4.29. The van der Waals surface area contributed by atoms with E-state index >= 15 is 0 Å². The van der Waals surface area contributed by atoms with Crippen molar-refractivity contribution >= 4 is 11.6 Å². The maximum atomic E-state index is 13.6. The van der Waals surface area contributed by atoms with Crippen LogP contribution in [0, 0.1) is 12.7 Å². The Labute approximate surface area is 124 Å². The van der Waals surface area contributed by atoms with E-state index in [1.807, 2.05) is 6.07 Å². The van der Waals surface area contributed by atoms with Gasteiger partial charge in [-0.15, -0.1) is 0 Å². The summed E-state index contributed by atoms with van der Waals surface area (Å²) in [6.07, 6.45) is 2.25. The Balaban J connectivity index is 1.92. The summed E-state index contributed by atoms with van der Waals surface area (Å²) >= 11 is 5.88. The maximum absolute atomic E-state index is 13.6. The van der Waals surface area contributed by atoms with E-state index in [4.69, 9.17) is 17.3 Å². The quantitative estimate of drug-likeness (QED) is 0.874. The van der Waals surface area contributed by atoms with Crippen molar-refractivity contribution < 1.29 is 4.39 Å². The molecule has 0 aromatic heterocycles. The molecule has 0 amide bonds. The highest BCUT2D eigenvalue weighted by atomic mass is 35.5. The second-order valence-electron chi connectivity index (χ2n) is 5.23. The highest BCUT2D eigenvalue weighted by Crippen LogP contribution is 2.17. The lowest BCUT2D eigenvalue weighted by atomic mass is 9.99. The van der Waals surface area contributed by atoms with Gasteiger partial charge >= 0.3 is 0 Å². The van der Waals surface area contributed by atoms with Gasteiger partial charge in [-0.3, -0.25) is 0 Å². The first-order chi connectivity index (χ1) is 9.54. The number of hydrogen-bond acceptors (Lipinski definition) is 1. The Kier molecular flexibility index (Phi) is 5.16. The van der Waals surface area contributed by atoms with Gasteiger partial charge in [-0.2, -0.15) is 0 Å². The van der Waals surface area contributed by atoms with Gasteiger partial charge in [0.25, 0.3) is 0 Å². The Morgan fingerprint density at radius 2 is 2.00 bits per heavy atom. The number of hydrogen-bond donors (Lipinski definition) is 1. The number of nitrogens with two attached hydrogens (primary N) is 1. The summed E-state index contributed by atoms with van der Waals surface area (Å²) in [6, 6.07) is 12.9. The molecular formula is C17H19ClFN. The van der Waals surface area contributed by atoms with Crippen LogP contribution in [0.1, 0.15) is 23.1 Å². The third kappa shape index (κ3) is 4.32. The Morgan fingerprint density at radius 3 is 2.75 bits per heavy atom. The Morgan fingerprint density at radius 1 is 1.20 bits per heavy atom. The zero-order chi connectivity index (χ0) is 14.5. The van der Waals surface area contributed by atoms with E-state index in [1.165, 1.54) is 17.2 Å². The maximum Gasteiger partial charge on any atom is 0.126 e. The molecule has 2 aromatic rings. The van der Waals surface area contributed by atoms with Crippen LogP contribution in [-0.4, -0.2) is 6.04 Å². The van der Waals surface area contributed by atoms with Crippen LogP contribution in [0.4, 0.5) is 4.39 Å². The van der Waals surface area contributed by atoms with Gasteiger partial charge in [0, 0.05) is 11.1 Å². The fourth-order valence-electron chi connectivity index (χ4n) is 2.30. The molecule has 0 fully saturated rings. The molecule has 1 nitrogen and oxygen atoms in total. The van der Waals surface area contributed by atoms with Gasteiger partial charge in [0.05, 0.1) is 0 Å². The fourth-order valence-corrected chi connectivity index (χ4v) is 2.50. The molecule has 2 N–H and O–H groups in total. The van der Waals surface area contributed by atoms with Crippen molar-refractivity contribution in [3.63, 3.8) is 0 Å². The van der Waals surface area contributed by atoms with Gasteiger partial charge in [-0.25, -0.2) is 4.39 Å². The van der Waals surface area contributed by atoms with Crippen LogP contribution in [0.15, 0.2) is 42.5 Å². The van der Waals surface area contributed by atoms with Gasteiger partial charge in [-0.05, 0) is 55.5 Å². The molecule has 0 aliphatic rings. The van der Waals surface area contributed by atoms with Gasteiger partial charge in [0.1, 0.15) is 5.82 Å². The van der Waals surface area contributed by atoms with E-state index in [0.717, 1.165) is 12.8 Å². The summed E-state index contributed by atoms with van der Waals surface area (Å²) in [4.78, 5) is 0. The summed E-state index contributed by atoms with van der Waals surface area (Å²) in [6.45, 7) is 2.07. The molecule has 1 unspecified atom stereocenters. The molecule has 0 heterocycles. The lowest BCUT2D eigenvalue weighted by molar-refractivity contribution is 0.566. The van der Waals surface area contributed by atoms with E-state index in [0.29, 0.717) is 17.0 Å². The lowest BCUT2D eigenvalue weighted by Gasteiger charge is -2.13. The van der Waals surface area contributed by atoms with Crippen LogP contribution in [0.3, 0.4) is 0 Å². The van der Waals surface area contributed by atoms with Gasteiger partial charge in [-0.1, -0.05) is 41.4 Å². The molecule has 0 saturated heterocycles. The van der Waals surface area contributed by atoms with Crippen molar-refractivity contribution in [1.82, 2.24) is 0 Å². The first-order valence-corrected chi connectivity index (χ1v) is 7.17. The van der Waals surface area contributed by atoms with Gasteiger partial charge in [0.2, 0.25) is 0 Å². The normalized spacial score (nSPS) is 12.4. The molecule has 3 heteroatoms. The number of aryl methyl sites for hydroxylation is 2. The minimum atomic E-state index is -0.236. The van der Waals surface area contributed by atoms with Crippen LogP contribution in [0.5, 0.6) is 0 Å². The summed E-state index contributed by atoms with van der Waals surface area (Å²) in [5, 5.41) is 0.548. The number of benzene rings is 2. The minimum Gasteiger partial charge on any atom is -0.327 e. The Hall–Kier alpha value is -1.38. The van der Waals surface area contributed by atoms with Crippen LogP contribution in [-0.2, 0) is 12.8 Å². The summed E-state index contributed by atoms with van der Waals surface area (Å²) < 4.78 is 13.6. The molecule has 0 spiro atoms. The molecule has 2 aromatic carbocycles. The SMILES string of the molecule is Cc1cccc(CCC(N)Cc2cc(Cl)ccc2F)c1. The average Bonchev–Trinajstić information content (AvgIpc) is 2.41. The fraction of sp³-hybridized carbons (Fsp3) is 0.294. The first-order valence-electron chi connectivity index (χ1n) is 6.79. The van der Waals surface area contributed by atoms with E-state index < -0.39 is 0 Å². The van der Waals surface area contributed by atoms with Crippen molar-refractivity contribution in [3.05, 3.63) is 70.0 Å². The molecule has 106 valence electrons. The van der Waals surface area contributed by atoms with Crippen molar-refractivity contribution in [2.24, 2.45) is 5.73 Å². The van der Waals surface area contributed by atoms with E-state index in [9.17, 15) is 4.39 Å². The largest absolute Gasteiger partial charge is 0.327 e. The molecule has 0 bridgehead atoms. The molecule has 0 aliphatic heterocycles. The zero-order valence-corrected chi connectivity index (χ0v) is 12.3. The minimum absolute atomic E-state index is 0.0662. The third-order valence-corrected chi connectivity index (χ3v) is 3.61. The van der Waals surface area contributed by atoms with Crippen LogP contribution in [0.25, 0.3) is 0 Å². The van der Waals surface area contributed by atoms with E-state index in [1.54, 1.807) is 12.1 Å². The molecule has 0 aliphatic carbocycles. The predicted molar refractivity (Wildman–Crippen MR) is 82.6 cm³/mol.